The van der Waals surface area contributed by atoms with Crippen LogP contribution >= 0.6 is 27.3 Å². The first kappa shape index (κ1) is 15.7. The van der Waals surface area contributed by atoms with Crippen molar-refractivity contribution in [2.24, 2.45) is 0 Å². The number of sulfonamides is 1. The Kier molecular flexibility index (Phi) is 4.57. The minimum atomic E-state index is -3.40. The number of rotatable bonds is 5. The standard InChI is InChI=1S/C14H19BrN2O2S2/c1-10-3-2-6-17(9-10)21(18,19)13-7-12(20-14(13)15)8-16-11-4-5-11/h3,7,11,16H,2,4-6,8-9H2,1H3. The molecule has 0 atom stereocenters. The Bertz CT molecular complexity index is 663. The average Bonchev–Trinajstić information content (AvgIpc) is 3.19. The van der Waals surface area contributed by atoms with E-state index in [4.69, 9.17) is 0 Å². The summed E-state index contributed by atoms with van der Waals surface area (Å²) >= 11 is 4.94. The highest BCUT2D eigenvalue weighted by molar-refractivity contribution is 9.11. The van der Waals surface area contributed by atoms with Crippen LogP contribution in [-0.2, 0) is 16.6 Å². The Hall–Kier alpha value is -0.210. The summed E-state index contributed by atoms with van der Waals surface area (Å²) in [6.07, 6.45) is 5.37. The van der Waals surface area contributed by atoms with Gasteiger partial charge in [0, 0.05) is 30.6 Å². The van der Waals surface area contributed by atoms with Crippen LogP contribution in [0.25, 0.3) is 0 Å². The predicted molar refractivity (Wildman–Crippen MR) is 89.0 cm³/mol. The van der Waals surface area contributed by atoms with Gasteiger partial charge >= 0.3 is 0 Å². The van der Waals surface area contributed by atoms with Gasteiger partial charge in [-0.1, -0.05) is 11.6 Å². The first-order valence-corrected chi connectivity index (χ1v) is 10.2. The summed E-state index contributed by atoms with van der Waals surface area (Å²) < 4.78 is 27.8. The molecule has 21 heavy (non-hydrogen) atoms. The summed E-state index contributed by atoms with van der Waals surface area (Å²) in [4.78, 5) is 1.48. The third kappa shape index (κ3) is 3.59. The van der Waals surface area contributed by atoms with Gasteiger partial charge in [-0.15, -0.1) is 11.3 Å². The van der Waals surface area contributed by atoms with Gasteiger partial charge in [-0.05, 0) is 48.2 Å². The number of halogens is 1. The van der Waals surface area contributed by atoms with Gasteiger partial charge in [0.25, 0.3) is 0 Å². The van der Waals surface area contributed by atoms with E-state index in [1.54, 1.807) is 4.31 Å². The maximum Gasteiger partial charge on any atom is 0.245 e. The van der Waals surface area contributed by atoms with Crippen molar-refractivity contribution in [2.45, 2.75) is 43.7 Å². The lowest BCUT2D eigenvalue weighted by Gasteiger charge is -2.25. The van der Waals surface area contributed by atoms with E-state index >= 15 is 0 Å². The van der Waals surface area contributed by atoms with Gasteiger partial charge < -0.3 is 5.32 Å². The lowest BCUT2D eigenvalue weighted by atomic mass is 10.2. The van der Waals surface area contributed by atoms with Crippen LogP contribution < -0.4 is 5.32 Å². The van der Waals surface area contributed by atoms with Crippen LogP contribution in [0, 0.1) is 0 Å². The zero-order valence-corrected chi connectivity index (χ0v) is 15.2. The lowest BCUT2D eigenvalue weighted by Crippen LogP contribution is -2.35. The van der Waals surface area contributed by atoms with E-state index in [1.165, 1.54) is 24.2 Å². The zero-order valence-electron chi connectivity index (χ0n) is 11.9. The van der Waals surface area contributed by atoms with E-state index in [0.717, 1.165) is 23.4 Å². The molecule has 0 aromatic carbocycles. The Morgan fingerprint density at radius 1 is 1.48 bits per heavy atom. The van der Waals surface area contributed by atoms with Crippen molar-refractivity contribution in [1.82, 2.24) is 9.62 Å². The molecule has 3 rings (SSSR count). The van der Waals surface area contributed by atoms with Crippen LogP contribution in [0.5, 0.6) is 0 Å². The number of nitrogens with one attached hydrogen (secondary N) is 1. The summed E-state index contributed by atoms with van der Waals surface area (Å²) in [5, 5.41) is 3.42. The smallest absolute Gasteiger partial charge is 0.245 e. The molecule has 2 aliphatic rings. The van der Waals surface area contributed by atoms with Gasteiger partial charge in [-0.2, -0.15) is 4.31 Å². The van der Waals surface area contributed by atoms with Gasteiger partial charge in [0.15, 0.2) is 0 Å². The van der Waals surface area contributed by atoms with Crippen LogP contribution in [0.1, 0.15) is 31.1 Å². The summed E-state index contributed by atoms with van der Waals surface area (Å²) in [6, 6.07) is 2.44. The van der Waals surface area contributed by atoms with Crippen LogP contribution in [0.3, 0.4) is 0 Å². The summed E-state index contributed by atoms with van der Waals surface area (Å²) in [5.41, 5.74) is 1.12. The summed E-state index contributed by atoms with van der Waals surface area (Å²) in [6.45, 7) is 3.80. The van der Waals surface area contributed by atoms with E-state index in [2.05, 4.69) is 27.3 Å². The van der Waals surface area contributed by atoms with Gasteiger partial charge in [-0.25, -0.2) is 8.42 Å². The second-order valence-electron chi connectivity index (χ2n) is 5.68. The van der Waals surface area contributed by atoms with E-state index in [-0.39, 0.29) is 0 Å². The molecule has 0 amide bonds. The Balaban J connectivity index is 1.79. The molecular formula is C14H19BrN2O2S2. The molecule has 0 bridgehead atoms. The molecular weight excluding hydrogens is 372 g/mol. The molecule has 1 aromatic heterocycles. The second kappa shape index (κ2) is 6.12. The minimum absolute atomic E-state index is 0.412. The van der Waals surface area contributed by atoms with E-state index in [9.17, 15) is 8.42 Å². The third-order valence-electron chi connectivity index (χ3n) is 3.76. The Morgan fingerprint density at radius 2 is 2.24 bits per heavy atom. The number of thiophene rings is 1. The molecule has 1 aliphatic heterocycles. The second-order valence-corrected chi connectivity index (χ2v) is 10.0. The van der Waals surface area contributed by atoms with Crippen molar-refractivity contribution in [3.8, 4) is 0 Å². The topological polar surface area (TPSA) is 49.4 Å². The maximum absolute atomic E-state index is 12.8. The number of nitrogens with zero attached hydrogens (tertiary/aromatic N) is 1. The quantitative estimate of drug-likeness (QED) is 0.785. The predicted octanol–water partition coefficient (Wildman–Crippen LogP) is 3.10. The van der Waals surface area contributed by atoms with Crippen molar-refractivity contribution < 1.29 is 8.42 Å². The molecule has 0 spiro atoms. The normalized spacial score (nSPS) is 20.6. The first-order chi connectivity index (χ1) is 9.96. The van der Waals surface area contributed by atoms with Gasteiger partial charge in [0.1, 0.15) is 4.90 Å². The van der Waals surface area contributed by atoms with Crippen LogP contribution in [0.4, 0.5) is 0 Å². The summed E-state index contributed by atoms with van der Waals surface area (Å²) in [5.74, 6) is 0. The zero-order chi connectivity index (χ0) is 15.0. The minimum Gasteiger partial charge on any atom is -0.309 e. The molecule has 7 heteroatoms. The Labute approximate surface area is 138 Å². The largest absolute Gasteiger partial charge is 0.309 e. The van der Waals surface area contributed by atoms with Crippen molar-refractivity contribution in [1.29, 1.82) is 0 Å². The van der Waals surface area contributed by atoms with Crippen molar-refractivity contribution in [2.75, 3.05) is 13.1 Å². The molecule has 116 valence electrons. The SMILES string of the molecule is CC1=CCCN(S(=O)(=O)c2cc(CNC3CC3)sc2Br)C1. The lowest BCUT2D eigenvalue weighted by molar-refractivity contribution is 0.428. The highest BCUT2D eigenvalue weighted by Crippen LogP contribution is 2.34. The fraction of sp³-hybridized carbons (Fsp3) is 0.571. The first-order valence-electron chi connectivity index (χ1n) is 7.14. The van der Waals surface area contributed by atoms with E-state index in [0.29, 0.717) is 27.8 Å². The molecule has 4 nitrogen and oxygen atoms in total. The summed E-state index contributed by atoms with van der Waals surface area (Å²) in [7, 11) is -3.40. The molecule has 1 N–H and O–H groups in total. The van der Waals surface area contributed by atoms with E-state index < -0.39 is 10.0 Å². The van der Waals surface area contributed by atoms with Crippen molar-refractivity contribution in [3.05, 3.63) is 26.4 Å². The third-order valence-corrected chi connectivity index (χ3v) is 7.86. The van der Waals surface area contributed by atoms with Crippen molar-refractivity contribution in [3.63, 3.8) is 0 Å². The van der Waals surface area contributed by atoms with Crippen LogP contribution in [0.15, 0.2) is 26.4 Å². The molecule has 1 fully saturated rings. The van der Waals surface area contributed by atoms with Gasteiger partial charge in [0.2, 0.25) is 10.0 Å². The molecule has 0 saturated heterocycles. The van der Waals surface area contributed by atoms with Crippen molar-refractivity contribution >= 4 is 37.3 Å². The molecule has 1 aromatic rings. The van der Waals surface area contributed by atoms with Gasteiger partial charge in [-0.3, -0.25) is 0 Å². The highest BCUT2D eigenvalue weighted by Gasteiger charge is 2.29. The van der Waals surface area contributed by atoms with Crippen LogP contribution in [0.2, 0.25) is 0 Å². The molecule has 1 saturated carbocycles. The van der Waals surface area contributed by atoms with E-state index in [1.807, 2.05) is 13.0 Å². The average molecular weight is 391 g/mol. The molecule has 2 heterocycles. The van der Waals surface area contributed by atoms with Crippen LogP contribution in [-0.4, -0.2) is 31.9 Å². The van der Waals surface area contributed by atoms with Gasteiger partial charge in [0.05, 0.1) is 3.79 Å². The Morgan fingerprint density at radius 3 is 2.90 bits per heavy atom. The fourth-order valence-corrected chi connectivity index (χ4v) is 6.50. The molecule has 0 radical (unpaired) electrons. The number of hydrogen-bond acceptors (Lipinski definition) is 4. The monoisotopic (exact) mass is 390 g/mol. The molecule has 1 aliphatic carbocycles. The number of hydrogen-bond donors (Lipinski definition) is 1. The highest BCUT2D eigenvalue weighted by atomic mass is 79.9. The molecule has 0 unspecified atom stereocenters. The maximum atomic E-state index is 12.8. The fourth-order valence-electron chi connectivity index (χ4n) is 2.41.